The summed E-state index contributed by atoms with van der Waals surface area (Å²) in [4.78, 5) is 12.0. The molecule has 0 saturated carbocycles. The first-order valence-corrected chi connectivity index (χ1v) is 8.66. The monoisotopic (exact) mass is 356 g/mol. The van der Waals surface area contributed by atoms with Crippen LogP contribution in [0.2, 0.25) is 0 Å². The zero-order valence-electron chi connectivity index (χ0n) is 13.9. The maximum atomic E-state index is 13.1. The molecule has 128 valence electrons. The summed E-state index contributed by atoms with van der Waals surface area (Å²) in [6.07, 6.45) is 0. The smallest absolute Gasteiger partial charge is 0.234 e. The second-order valence-electron chi connectivity index (χ2n) is 5.58. The van der Waals surface area contributed by atoms with Crippen molar-refractivity contribution in [1.29, 1.82) is 0 Å². The maximum Gasteiger partial charge on any atom is 0.234 e. The van der Waals surface area contributed by atoms with Gasteiger partial charge in [0.05, 0.1) is 5.75 Å². The van der Waals surface area contributed by atoms with Crippen molar-refractivity contribution >= 4 is 23.4 Å². The van der Waals surface area contributed by atoms with Gasteiger partial charge in [-0.25, -0.2) is 4.39 Å². The highest BCUT2D eigenvalue weighted by atomic mass is 32.2. The number of carbonyl (C=O) groups excluding carboxylic acids is 1. The molecule has 0 bridgehead atoms. The van der Waals surface area contributed by atoms with Crippen LogP contribution >= 0.6 is 11.8 Å². The van der Waals surface area contributed by atoms with Crippen LogP contribution < -0.4 is 5.32 Å². The lowest BCUT2D eigenvalue weighted by atomic mass is 10.1. The minimum atomic E-state index is -0.388. The van der Waals surface area contributed by atoms with Gasteiger partial charge >= 0.3 is 0 Å². The Labute approximate surface area is 149 Å². The quantitative estimate of drug-likeness (QED) is 0.709. The highest BCUT2D eigenvalue weighted by molar-refractivity contribution is 7.99. The lowest BCUT2D eigenvalue weighted by molar-refractivity contribution is -0.113. The number of nitrogens with zero attached hydrogens (tertiary/aromatic N) is 3. The zero-order chi connectivity index (χ0) is 17.8. The van der Waals surface area contributed by atoms with Gasteiger partial charge in [0.1, 0.15) is 5.82 Å². The van der Waals surface area contributed by atoms with Crippen molar-refractivity contribution in [1.82, 2.24) is 14.8 Å². The van der Waals surface area contributed by atoms with Gasteiger partial charge in [-0.3, -0.25) is 4.79 Å². The van der Waals surface area contributed by atoms with Crippen molar-refractivity contribution in [2.75, 3.05) is 11.1 Å². The van der Waals surface area contributed by atoms with Crippen LogP contribution in [0.3, 0.4) is 0 Å². The molecule has 0 aliphatic carbocycles. The largest absolute Gasteiger partial charge is 0.325 e. The average Bonchev–Trinajstić information content (AvgIpc) is 2.94. The molecule has 5 nitrogen and oxygen atoms in total. The number of anilines is 1. The summed E-state index contributed by atoms with van der Waals surface area (Å²) in [6.45, 7) is 2.03. The molecule has 1 amide bonds. The van der Waals surface area contributed by atoms with E-state index in [9.17, 15) is 9.18 Å². The molecule has 1 heterocycles. The van der Waals surface area contributed by atoms with Gasteiger partial charge in [-0.05, 0) is 25.1 Å². The standard InChI is InChI=1S/C18H17FN4OS/c1-12-6-8-13(9-7-12)17-21-22-18(23(17)2)25-11-16(24)20-15-5-3-4-14(19)10-15/h3-10H,11H2,1-2H3,(H,20,24). The van der Waals surface area contributed by atoms with Crippen LogP contribution in [0.1, 0.15) is 5.56 Å². The maximum absolute atomic E-state index is 13.1. The van der Waals surface area contributed by atoms with Crippen molar-refractivity contribution in [3.63, 3.8) is 0 Å². The first-order chi connectivity index (χ1) is 12.0. The molecule has 0 atom stereocenters. The lowest BCUT2D eigenvalue weighted by Crippen LogP contribution is -2.14. The average molecular weight is 356 g/mol. The first kappa shape index (κ1) is 17.2. The molecule has 3 rings (SSSR count). The van der Waals surface area contributed by atoms with Gasteiger partial charge in [0.25, 0.3) is 0 Å². The summed E-state index contributed by atoms with van der Waals surface area (Å²) in [5.74, 6) is 0.293. The number of hydrogen-bond donors (Lipinski definition) is 1. The van der Waals surface area contributed by atoms with Gasteiger partial charge in [0.15, 0.2) is 11.0 Å². The van der Waals surface area contributed by atoms with Gasteiger partial charge in [-0.15, -0.1) is 10.2 Å². The number of aryl methyl sites for hydroxylation is 1. The molecule has 0 fully saturated rings. The zero-order valence-corrected chi connectivity index (χ0v) is 14.7. The Morgan fingerprint density at radius 2 is 1.96 bits per heavy atom. The van der Waals surface area contributed by atoms with Crippen LogP contribution in [0.15, 0.2) is 53.7 Å². The van der Waals surface area contributed by atoms with Gasteiger partial charge in [-0.2, -0.15) is 0 Å². The van der Waals surface area contributed by atoms with Crippen LogP contribution in [0.25, 0.3) is 11.4 Å². The van der Waals surface area contributed by atoms with Crippen LogP contribution in [0.4, 0.5) is 10.1 Å². The Kier molecular flexibility index (Phi) is 5.14. The van der Waals surface area contributed by atoms with Crippen LogP contribution in [-0.2, 0) is 11.8 Å². The molecule has 2 aromatic carbocycles. The van der Waals surface area contributed by atoms with Gasteiger partial charge < -0.3 is 9.88 Å². The first-order valence-electron chi connectivity index (χ1n) is 7.67. The topological polar surface area (TPSA) is 59.8 Å². The summed E-state index contributed by atoms with van der Waals surface area (Å²) in [6, 6.07) is 13.8. The molecular formula is C18H17FN4OS. The molecule has 0 aliphatic heterocycles. The third kappa shape index (κ3) is 4.24. The fraction of sp³-hybridized carbons (Fsp3) is 0.167. The number of hydrogen-bond acceptors (Lipinski definition) is 4. The second-order valence-corrected chi connectivity index (χ2v) is 6.52. The molecule has 0 spiro atoms. The predicted octanol–water partition coefficient (Wildman–Crippen LogP) is 3.66. The number of carbonyl (C=O) groups is 1. The molecule has 0 aliphatic rings. The molecule has 3 aromatic rings. The highest BCUT2D eigenvalue weighted by Crippen LogP contribution is 2.23. The minimum absolute atomic E-state index is 0.163. The summed E-state index contributed by atoms with van der Waals surface area (Å²) in [5, 5.41) is 11.6. The van der Waals surface area contributed by atoms with Crippen LogP contribution in [0, 0.1) is 12.7 Å². The lowest BCUT2D eigenvalue weighted by Gasteiger charge is -2.06. The van der Waals surface area contributed by atoms with Gasteiger partial charge in [0, 0.05) is 18.3 Å². The van der Waals surface area contributed by atoms with Crippen molar-refractivity contribution in [3.8, 4) is 11.4 Å². The number of benzene rings is 2. The molecule has 0 unspecified atom stereocenters. The molecule has 25 heavy (non-hydrogen) atoms. The van der Waals surface area contributed by atoms with E-state index in [1.54, 1.807) is 12.1 Å². The van der Waals surface area contributed by atoms with E-state index < -0.39 is 0 Å². The summed E-state index contributed by atoms with van der Waals surface area (Å²) < 4.78 is 15.0. The number of nitrogens with one attached hydrogen (secondary N) is 1. The van der Waals surface area contributed by atoms with Crippen LogP contribution in [-0.4, -0.2) is 26.4 Å². The summed E-state index contributed by atoms with van der Waals surface area (Å²) in [7, 11) is 1.86. The number of thioether (sulfide) groups is 1. The second kappa shape index (κ2) is 7.48. The van der Waals surface area contributed by atoms with E-state index in [4.69, 9.17) is 0 Å². The van der Waals surface area contributed by atoms with E-state index in [1.807, 2.05) is 42.8 Å². The van der Waals surface area contributed by atoms with E-state index in [-0.39, 0.29) is 17.5 Å². The van der Waals surface area contributed by atoms with E-state index in [0.717, 1.165) is 11.4 Å². The molecule has 1 aromatic heterocycles. The fourth-order valence-electron chi connectivity index (χ4n) is 2.29. The van der Waals surface area contributed by atoms with Crippen molar-refractivity contribution in [2.45, 2.75) is 12.1 Å². The minimum Gasteiger partial charge on any atom is -0.325 e. The number of amides is 1. The predicted molar refractivity (Wildman–Crippen MR) is 96.9 cm³/mol. The number of rotatable bonds is 5. The number of halogens is 1. The normalized spacial score (nSPS) is 10.7. The molecule has 7 heteroatoms. The molecule has 0 radical (unpaired) electrons. The Morgan fingerprint density at radius 3 is 2.68 bits per heavy atom. The Balaban J connectivity index is 1.64. The Morgan fingerprint density at radius 1 is 1.20 bits per heavy atom. The third-order valence-electron chi connectivity index (χ3n) is 3.59. The molecule has 0 saturated heterocycles. The van der Waals surface area contributed by atoms with Crippen molar-refractivity contribution < 1.29 is 9.18 Å². The van der Waals surface area contributed by atoms with Crippen LogP contribution in [0.5, 0.6) is 0 Å². The number of aromatic nitrogens is 3. The van der Waals surface area contributed by atoms with E-state index in [0.29, 0.717) is 10.8 Å². The van der Waals surface area contributed by atoms with Gasteiger partial charge in [0.2, 0.25) is 5.91 Å². The van der Waals surface area contributed by atoms with Crippen molar-refractivity contribution in [3.05, 3.63) is 59.9 Å². The van der Waals surface area contributed by atoms with E-state index in [2.05, 4.69) is 15.5 Å². The summed E-state index contributed by atoms with van der Waals surface area (Å²) >= 11 is 1.28. The highest BCUT2D eigenvalue weighted by Gasteiger charge is 2.13. The van der Waals surface area contributed by atoms with E-state index in [1.165, 1.54) is 29.5 Å². The Bertz CT molecular complexity index is 892. The molecule has 1 N–H and O–H groups in total. The van der Waals surface area contributed by atoms with Crippen molar-refractivity contribution in [2.24, 2.45) is 7.05 Å². The van der Waals surface area contributed by atoms with Gasteiger partial charge in [-0.1, -0.05) is 47.7 Å². The Hall–Kier alpha value is -2.67. The third-order valence-corrected chi connectivity index (χ3v) is 4.61. The summed E-state index contributed by atoms with van der Waals surface area (Å²) in [5.41, 5.74) is 2.58. The fourth-order valence-corrected chi connectivity index (χ4v) is 3.00. The molecular weight excluding hydrogens is 339 g/mol. The SMILES string of the molecule is Cc1ccc(-c2nnc(SCC(=O)Nc3cccc(F)c3)n2C)cc1. The van der Waals surface area contributed by atoms with E-state index >= 15 is 0 Å².